The molecule has 4 rings (SSSR count). The van der Waals surface area contributed by atoms with Crippen LogP contribution in [0, 0.1) is 13.8 Å². The van der Waals surface area contributed by atoms with Crippen LogP contribution < -0.4 is 5.32 Å². The van der Waals surface area contributed by atoms with Crippen LogP contribution in [-0.2, 0) is 16.2 Å². The van der Waals surface area contributed by atoms with Gasteiger partial charge in [0.15, 0.2) is 0 Å². The van der Waals surface area contributed by atoms with Crippen molar-refractivity contribution >= 4 is 40.5 Å². The average molecular weight is 443 g/mol. The molecule has 0 fully saturated rings. The molecule has 2 heterocycles. The Morgan fingerprint density at radius 3 is 2.63 bits per heavy atom. The van der Waals surface area contributed by atoms with Crippen molar-refractivity contribution in [3.05, 3.63) is 81.1 Å². The maximum atomic E-state index is 12.8. The molecule has 0 spiro atoms. The molecule has 8 heteroatoms. The summed E-state index contributed by atoms with van der Waals surface area (Å²) in [5.74, 6) is -0.258. The maximum absolute atomic E-state index is 12.8. The normalized spacial score (nSPS) is 15.6. The fourth-order valence-electron chi connectivity index (χ4n) is 3.35. The molecule has 1 N–H and O–H groups in total. The highest BCUT2D eigenvalue weighted by Crippen LogP contribution is 2.25. The van der Waals surface area contributed by atoms with E-state index in [1.54, 1.807) is 12.1 Å². The van der Waals surface area contributed by atoms with E-state index < -0.39 is 6.10 Å². The Morgan fingerprint density at radius 2 is 1.90 bits per heavy atom. The van der Waals surface area contributed by atoms with Gasteiger partial charge in [0.05, 0.1) is 29.3 Å². The number of carbonyl (C=O) groups is 1. The highest BCUT2D eigenvalue weighted by Gasteiger charge is 2.30. The van der Waals surface area contributed by atoms with Crippen molar-refractivity contribution in [1.82, 2.24) is 9.78 Å². The van der Waals surface area contributed by atoms with Gasteiger partial charge < -0.3 is 10.2 Å². The summed E-state index contributed by atoms with van der Waals surface area (Å²) in [5, 5.41) is 12.9. The molecule has 0 saturated heterocycles. The van der Waals surface area contributed by atoms with E-state index in [-0.39, 0.29) is 5.91 Å². The number of aryl methyl sites for hydroxylation is 1. The van der Waals surface area contributed by atoms with Gasteiger partial charge in [-0.05, 0) is 43.2 Å². The minimum Gasteiger partial charge on any atom is -0.382 e. The lowest BCUT2D eigenvalue weighted by Gasteiger charge is -2.11. The van der Waals surface area contributed by atoms with Gasteiger partial charge in [0.1, 0.15) is 0 Å². The van der Waals surface area contributed by atoms with E-state index in [1.807, 2.05) is 54.9 Å². The monoisotopic (exact) mass is 442 g/mol. The van der Waals surface area contributed by atoms with Crippen LogP contribution in [0.3, 0.4) is 0 Å². The number of carbonyl (C=O) groups excluding carboxylic acids is 1. The summed E-state index contributed by atoms with van der Waals surface area (Å²) >= 11 is 12.2. The Bertz CT molecular complexity index is 1120. The Labute approximate surface area is 184 Å². The summed E-state index contributed by atoms with van der Waals surface area (Å²) < 4.78 is 1.83. The van der Waals surface area contributed by atoms with Crippen molar-refractivity contribution in [3.8, 4) is 0 Å². The molecule has 6 nitrogen and oxygen atoms in total. The molecular weight excluding hydrogens is 423 g/mol. The summed E-state index contributed by atoms with van der Waals surface area (Å²) in [7, 11) is 0. The number of halogens is 2. The summed E-state index contributed by atoms with van der Waals surface area (Å²) in [6.07, 6.45) is -0.305. The predicted octanol–water partition coefficient (Wildman–Crippen LogP) is 4.99. The Morgan fingerprint density at radius 1 is 1.17 bits per heavy atom. The van der Waals surface area contributed by atoms with Crippen LogP contribution in [0.4, 0.5) is 5.69 Å². The molecule has 1 aliphatic rings. The molecule has 3 aromatic rings. The highest BCUT2D eigenvalue weighted by atomic mass is 35.5. The SMILES string of the molecule is Cc1nn(Cc2ccccc2Cl)c(C)c1NC(=O)C1CC(c2ccc(Cl)cc2)=NO1. The topological polar surface area (TPSA) is 68.5 Å². The number of nitrogens with zero attached hydrogens (tertiary/aromatic N) is 3. The summed E-state index contributed by atoms with van der Waals surface area (Å²) in [6.45, 7) is 4.29. The minimum absolute atomic E-state index is 0.258. The Kier molecular flexibility index (Phi) is 5.79. The van der Waals surface area contributed by atoms with Gasteiger partial charge in [-0.25, -0.2) is 0 Å². The fraction of sp³-hybridized carbons (Fsp3) is 0.227. The maximum Gasteiger partial charge on any atom is 0.268 e. The third-order valence-corrected chi connectivity index (χ3v) is 5.67. The summed E-state index contributed by atoms with van der Waals surface area (Å²) in [5.41, 5.74) is 4.81. The Balaban J connectivity index is 1.45. The van der Waals surface area contributed by atoms with E-state index in [0.717, 1.165) is 28.2 Å². The third-order valence-electron chi connectivity index (χ3n) is 5.05. The van der Waals surface area contributed by atoms with Crippen LogP contribution in [0.5, 0.6) is 0 Å². The number of hydrogen-bond donors (Lipinski definition) is 1. The molecule has 30 heavy (non-hydrogen) atoms. The third kappa shape index (κ3) is 4.20. The second kappa shape index (κ2) is 8.50. The lowest BCUT2D eigenvalue weighted by atomic mass is 10.0. The van der Waals surface area contributed by atoms with Gasteiger partial charge in [-0.2, -0.15) is 5.10 Å². The number of oxime groups is 1. The van der Waals surface area contributed by atoms with Gasteiger partial charge in [-0.15, -0.1) is 0 Å². The molecule has 154 valence electrons. The van der Waals surface area contributed by atoms with Crippen LogP contribution in [-0.4, -0.2) is 27.5 Å². The molecule has 1 aliphatic heterocycles. The molecule has 1 aromatic heterocycles. The second-order valence-corrected chi connectivity index (χ2v) is 7.97. The molecule has 0 aliphatic carbocycles. The van der Waals surface area contributed by atoms with Crippen molar-refractivity contribution in [2.75, 3.05) is 5.32 Å². The lowest BCUT2D eigenvalue weighted by Crippen LogP contribution is -2.28. The number of rotatable bonds is 5. The van der Waals surface area contributed by atoms with E-state index in [1.165, 1.54) is 0 Å². The second-order valence-electron chi connectivity index (χ2n) is 7.13. The van der Waals surface area contributed by atoms with Crippen molar-refractivity contribution in [2.24, 2.45) is 5.16 Å². The lowest BCUT2D eigenvalue weighted by molar-refractivity contribution is -0.125. The van der Waals surface area contributed by atoms with E-state index >= 15 is 0 Å². The van der Waals surface area contributed by atoms with E-state index in [2.05, 4.69) is 15.6 Å². The molecule has 1 unspecified atom stereocenters. The standard InChI is InChI=1S/C22H20Cl2N4O2/c1-13-21(14(2)28(26-13)12-16-5-3-4-6-18(16)24)25-22(29)20-11-19(27-30-20)15-7-9-17(23)10-8-15/h3-10,20H,11-12H2,1-2H3,(H,25,29). The largest absolute Gasteiger partial charge is 0.382 e. The molecule has 1 amide bonds. The van der Waals surface area contributed by atoms with Crippen LogP contribution in [0.1, 0.15) is 28.9 Å². The number of hydrogen-bond acceptors (Lipinski definition) is 4. The number of aromatic nitrogens is 2. The highest BCUT2D eigenvalue weighted by molar-refractivity contribution is 6.31. The molecule has 0 bridgehead atoms. The molecule has 0 radical (unpaired) electrons. The van der Waals surface area contributed by atoms with Gasteiger partial charge in [-0.3, -0.25) is 9.48 Å². The first-order valence-corrected chi connectivity index (χ1v) is 10.2. The Hall–Kier alpha value is -2.83. The minimum atomic E-state index is -0.693. The van der Waals surface area contributed by atoms with Gasteiger partial charge >= 0.3 is 0 Å². The first kappa shape index (κ1) is 20.4. The number of amides is 1. The summed E-state index contributed by atoms with van der Waals surface area (Å²) in [4.78, 5) is 18.2. The molecule has 1 atom stereocenters. The molecule has 0 saturated carbocycles. The molecular formula is C22H20Cl2N4O2. The van der Waals surface area contributed by atoms with E-state index in [0.29, 0.717) is 28.7 Å². The zero-order chi connectivity index (χ0) is 21.3. The first-order valence-electron chi connectivity index (χ1n) is 9.49. The zero-order valence-corrected chi connectivity index (χ0v) is 18.0. The van der Waals surface area contributed by atoms with Crippen LogP contribution in [0.15, 0.2) is 53.7 Å². The number of anilines is 1. The molecule has 2 aromatic carbocycles. The van der Waals surface area contributed by atoms with Crippen molar-refractivity contribution in [2.45, 2.75) is 32.9 Å². The van der Waals surface area contributed by atoms with E-state index in [4.69, 9.17) is 28.0 Å². The van der Waals surface area contributed by atoms with Gasteiger partial charge in [0.2, 0.25) is 6.10 Å². The number of nitrogens with one attached hydrogen (secondary N) is 1. The number of benzene rings is 2. The predicted molar refractivity (Wildman–Crippen MR) is 118 cm³/mol. The van der Waals surface area contributed by atoms with E-state index in [9.17, 15) is 4.79 Å². The van der Waals surface area contributed by atoms with Crippen molar-refractivity contribution in [1.29, 1.82) is 0 Å². The zero-order valence-electron chi connectivity index (χ0n) is 16.5. The fourth-order valence-corrected chi connectivity index (χ4v) is 3.68. The average Bonchev–Trinajstić information content (AvgIpc) is 3.32. The van der Waals surface area contributed by atoms with Crippen LogP contribution in [0.25, 0.3) is 0 Å². The van der Waals surface area contributed by atoms with Crippen molar-refractivity contribution in [3.63, 3.8) is 0 Å². The van der Waals surface area contributed by atoms with Gasteiger partial charge in [-0.1, -0.05) is 58.7 Å². The smallest absolute Gasteiger partial charge is 0.268 e. The van der Waals surface area contributed by atoms with Crippen LogP contribution >= 0.6 is 23.2 Å². The summed E-state index contributed by atoms with van der Waals surface area (Å²) in [6, 6.07) is 14.9. The first-order chi connectivity index (χ1) is 14.4. The van der Waals surface area contributed by atoms with Crippen LogP contribution in [0.2, 0.25) is 10.0 Å². The quantitative estimate of drug-likeness (QED) is 0.605. The van der Waals surface area contributed by atoms with Gasteiger partial charge in [0, 0.05) is 16.5 Å². The van der Waals surface area contributed by atoms with Crippen molar-refractivity contribution < 1.29 is 9.63 Å². The van der Waals surface area contributed by atoms with Gasteiger partial charge in [0.25, 0.3) is 5.91 Å².